The van der Waals surface area contributed by atoms with E-state index in [0.29, 0.717) is 0 Å². The number of Topliss-reactive ketones (excluding diaryl/α,β-unsaturated/α-hetero) is 5. The summed E-state index contributed by atoms with van der Waals surface area (Å²) in [5.41, 5.74) is 37.4. The zero-order valence-electron chi connectivity index (χ0n) is 31.7. The minimum atomic E-state index is -2.47. The van der Waals surface area contributed by atoms with Crippen LogP contribution in [0.15, 0.2) is 60.7 Å². The Bertz CT molecular complexity index is 1520. The van der Waals surface area contributed by atoms with Gasteiger partial charge in [0, 0.05) is 25.9 Å². The summed E-state index contributed by atoms with van der Waals surface area (Å²) >= 11 is 14.1. The molecule has 0 amide bonds. The molecule has 56 heavy (non-hydrogen) atoms. The third kappa shape index (κ3) is 15.4. The molecule has 2 rings (SSSR count). The van der Waals surface area contributed by atoms with E-state index in [4.69, 9.17) is 68.4 Å². The van der Waals surface area contributed by atoms with Gasteiger partial charge in [0.15, 0.2) is 39.0 Å². The van der Waals surface area contributed by atoms with E-state index in [9.17, 15) is 24.0 Å². The smallest absolute Gasteiger partial charge is 0.189 e. The van der Waals surface area contributed by atoms with E-state index < -0.39 is 64.1 Å². The number of alkyl halides is 2. The molecule has 0 radical (unpaired) electrons. The van der Waals surface area contributed by atoms with Crippen LogP contribution in [0.3, 0.4) is 0 Å². The number of carbonyl (C=O) groups excluding carboxylic acids is 5. The third-order valence-corrected chi connectivity index (χ3v) is 10.6. The van der Waals surface area contributed by atoms with Crippen LogP contribution in [0.25, 0.3) is 0 Å². The van der Waals surface area contributed by atoms with Gasteiger partial charge in [-0.2, -0.15) is 0 Å². The molecule has 6 atom stereocenters. The molecule has 16 N–H and O–H groups in total. The minimum Gasteiger partial charge on any atom is -0.370 e. The number of carbonyl (C=O) groups is 5. The van der Waals surface area contributed by atoms with Crippen molar-refractivity contribution in [2.45, 2.75) is 111 Å². The number of hydrogen-bond donors (Lipinski definition) is 10. The van der Waals surface area contributed by atoms with Crippen LogP contribution in [0.5, 0.6) is 0 Å². The van der Waals surface area contributed by atoms with Gasteiger partial charge >= 0.3 is 0 Å². The van der Waals surface area contributed by atoms with Crippen molar-refractivity contribution >= 4 is 64.0 Å². The molecule has 308 valence electrons. The summed E-state index contributed by atoms with van der Waals surface area (Å²) < 4.78 is 0. The van der Waals surface area contributed by atoms with Crippen LogP contribution in [0.1, 0.15) is 75.3 Å². The van der Waals surface area contributed by atoms with Crippen molar-refractivity contribution in [2.75, 3.05) is 13.1 Å². The molecule has 15 nitrogen and oxygen atoms in total. The Hall–Kier alpha value is -4.25. The van der Waals surface area contributed by atoms with E-state index in [1.54, 1.807) is 0 Å². The van der Waals surface area contributed by atoms with E-state index in [1.165, 1.54) is 0 Å². The highest BCUT2D eigenvalue weighted by molar-refractivity contribution is 6.58. The second-order valence-electron chi connectivity index (χ2n) is 14.1. The first kappa shape index (κ1) is 47.9. The molecule has 0 saturated carbocycles. The van der Waals surface area contributed by atoms with E-state index in [0.717, 1.165) is 11.1 Å². The number of hydrogen-bond acceptors (Lipinski definition) is 11. The van der Waals surface area contributed by atoms with Gasteiger partial charge in [0.2, 0.25) is 0 Å². The molecule has 0 aliphatic rings. The molecule has 0 saturated heterocycles. The quantitative estimate of drug-likeness (QED) is 0.0191. The van der Waals surface area contributed by atoms with E-state index >= 15 is 0 Å². The molecule has 2 unspecified atom stereocenters. The Kier molecular flexibility index (Phi) is 20.3. The van der Waals surface area contributed by atoms with Crippen molar-refractivity contribution < 1.29 is 24.0 Å². The Morgan fingerprint density at radius 3 is 1.23 bits per heavy atom. The number of nitrogens with one attached hydrogen (secondary N) is 4. The second-order valence-corrected chi connectivity index (χ2v) is 15.4. The molecule has 0 aromatic heterocycles. The predicted octanol–water partition coefficient (Wildman–Crippen LogP) is 1.45. The molecule has 0 fully saturated rings. The highest BCUT2D eigenvalue weighted by Crippen LogP contribution is 2.39. The maximum atomic E-state index is 14.8. The summed E-state index contributed by atoms with van der Waals surface area (Å²) in [5.74, 6) is -4.18. The van der Waals surface area contributed by atoms with Gasteiger partial charge in [-0.3, -0.25) is 34.8 Å². The molecule has 0 bridgehead atoms. The van der Waals surface area contributed by atoms with Gasteiger partial charge in [0.25, 0.3) is 0 Å². The van der Waals surface area contributed by atoms with Crippen LogP contribution < -0.4 is 45.0 Å². The van der Waals surface area contributed by atoms with Gasteiger partial charge in [-0.1, -0.05) is 60.7 Å². The van der Waals surface area contributed by atoms with E-state index in [-0.39, 0.29) is 101 Å². The van der Waals surface area contributed by atoms with Crippen LogP contribution in [-0.2, 0) is 36.8 Å². The third-order valence-electron chi connectivity index (χ3n) is 9.50. The van der Waals surface area contributed by atoms with Gasteiger partial charge in [-0.25, -0.2) is 0 Å². The van der Waals surface area contributed by atoms with Crippen molar-refractivity contribution in [3.05, 3.63) is 71.8 Å². The number of halogens is 2. The van der Waals surface area contributed by atoms with Gasteiger partial charge in [0.1, 0.15) is 11.6 Å². The number of rotatable bonds is 28. The predicted molar refractivity (Wildman–Crippen MR) is 220 cm³/mol. The first-order chi connectivity index (χ1) is 26.4. The van der Waals surface area contributed by atoms with Crippen LogP contribution in [0.2, 0.25) is 0 Å². The molecule has 0 aliphatic carbocycles. The average molecular weight is 818 g/mol. The summed E-state index contributed by atoms with van der Waals surface area (Å²) in [7, 11) is 0. The van der Waals surface area contributed by atoms with Crippen molar-refractivity contribution in [3.63, 3.8) is 0 Å². The van der Waals surface area contributed by atoms with E-state index in [2.05, 4.69) is 10.6 Å². The van der Waals surface area contributed by atoms with Crippen LogP contribution in [0.4, 0.5) is 0 Å². The molecular formula is C39H58Cl2N10O5. The molecule has 0 aliphatic heterocycles. The molecule has 17 heteroatoms. The standard InChI is InChI=1S/C39H58Cl2N10O5/c40-38(33(54)27(42)15-9-21-50-36(46)47,19-7-17-31(52)29(44)23-25-11-3-1-4-12-25)35(56)39(41,34(55)28(43)16-10-22-51-37(48)49)20-8-18-32(53)30(45)24-26-13-5-2-6-14-26/h1-6,11-14,27-30H,7-10,15-24,42-45H2,(H4,46,47,50)(H4,48,49,51)/t27-,28-,29-,30-,38?,39?/m0/s1. The Balaban J connectivity index is 2.39. The van der Waals surface area contributed by atoms with Gasteiger partial charge in [-0.15, -0.1) is 23.2 Å². The largest absolute Gasteiger partial charge is 0.370 e. The molecule has 2 aromatic rings. The highest BCUT2D eigenvalue weighted by atomic mass is 35.5. The fraction of sp³-hybridized carbons (Fsp3) is 0.513. The fourth-order valence-corrected chi connectivity index (χ4v) is 7.22. The van der Waals surface area contributed by atoms with Crippen LogP contribution in [-0.4, -0.2) is 87.8 Å². The first-order valence-electron chi connectivity index (χ1n) is 18.7. The lowest BCUT2D eigenvalue weighted by atomic mass is 9.76. The van der Waals surface area contributed by atoms with Gasteiger partial charge in [0.05, 0.1) is 24.2 Å². The van der Waals surface area contributed by atoms with Crippen molar-refractivity contribution in [1.82, 2.24) is 10.6 Å². The first-order valence-corrected chi connectivity index (χ1v) is 19.5. The van der Waals surface area contributed by atoms with Gasteiger partial charge < -0.3 is 45.0 Å². The molecule has 2 aromatic carbocycles. The summed E-state index contributed by atoms with van der Waals surface area (Å²) in [5, 5.41) is 19.9. The zero-order chi connectivity index (χ0) is 41.9. The van der Waals surface area contributed by atoms with Crippen molar-refractivity contribution in [1.29, 1.82) is 10.8 Å². The van der Waals surface area contributed by atoms with Crippen molar-refractivity contribution in [2.24, 2.45) is 34.4 Å². The summed E-state index contributed by atoms with van der Waals surface area (Å²) in [4.78, 5) is 64.4. The number of ketones is 5. The zero-order valence-corrected chi connectivity index (χ0v) is 33.3. The maximum absolute atomic E-state index is 14.8. The summed E-state index contributed by atoms with van der Waals surface area (Å²) in [6, 6.07) is 14.0. The summed E-state index contributed by atoms with van der Waals surface area (Å²) in [6.07, 6.45) is -0.0815. The number of nitrogens with two attached hydrogens (primary N) is 6. The lowest BCUT2D eigenvalue weighted by molar-refractivity contribution is -0.138. The molecular weight excluding hydrogens is 759 g/mol. The number of benzene rings is 2. The summed E-state index contributed by atoms with van der Waals surface area (Å²) in [6.45, 7) is 0.415. The molecule has 0 heterocycles. The van der Waals surface area contributed by atoms with Crippen LogP contribution in [0, 0.1) is 10.8 Å². The minimum absolute atomic E-state index is 0.0292. The Morgan fingerprint density at radius 1 is 0.571 bits per heavy atom. The monoisotopic (exact) mass is 816 g/mol. The average Bonchev–Trinajstić information content (AvgIpc) is 3.17. The van der Waals surface area contributed by atoms with Crippen molar-refractivity contribution in [3.8, 4) is 0 Å². The lowest BCUT2D eigenvalue weighted by Crippen LogP contribution is -2.61. The highest BCUT2D eigenvalue weighted by Gasteiger charge is 2.57. The lowest BCUT2D eigenvalue weighted by Gasteiger charge is -2.36. The number of guanidine groups is 2. The van der Waals surface area contributed by atoms with Gasteiger partial charge in [-0.05, 0) is 75.3 Å². The Morgan fingerprint density at radius 2 is 0.911 bits per heavy atom. The van der Waals surface area contributed by atoms with E-state index in [1.807, 2.05) is 60.7 Å². The Labute approximate surface area is 338 Å². The second kappa shape index (κ2) is 23.7. The fourth-order valence-electron chi connectivity index (χ4n) is 6.30. The van der Waals surface area contributed by atoms with Crippen LogP contribution >= 0.6 is 23.2 Å². The topological polar surface area (TPSA) is 313 Å². The SMILES string of the molecule is N=C(N)NCCC[C@H](N)C(=O)C(Cl)(CCCC(=O)[C@@H](N)Cc1ccccc1)C(=O)C(Cl)(CCCC(=O)[C@@H](N)Cc1ccccc1)C(=O)[C@@H](N)CCCNC(=N)N. The maximum Gasteiger partial charge on any atom is 0.189 e. The molecule has 0 spiro atoms. The normalized spacial score (nSPS) is 15.5.